The molecule has 7 heteroatoms. The van der Waals surface area contributed by atoms with Crippen molar-refractivity contribution in [2.24, 2.45) is 11.8 Å². The van der Waals surface area contributed by atoms with E-state index in [1.54, 1.807) is 6.07 Å². The second-order valence-corrected chi connectivity index (χ2v) is 8.83. The molecule has 2 aromatic carbocycles. The van der Waals surface area contributed by atoms with Crippen LogP contribution in [0.25, 0.3) is 0 Å². The first kappa shape index (κ1) is 21.5. The molecule has 1 saturated heterocycles. The van der Waals surface area contributed by atoms with E-state index < -0.39 is 17.7 Å². The first-order chi connectivity index (χ1) is 14.7. The average Bonchev–Trinajstić information content (AvgIpc) is 2.76. The fraction of sp³-hybridized carbons (Fsp3) is 0.458. The van der Waals surface area contributed by atoms with E-state index in [1.165, 1.54) is 6.07 Å². The summed E-state index contributed by atoms with van der Waals surface area (Å²) in [5.41, 5.74) is 1.86. The van der Waals surface area contributed by atoms with Crippen LogP contribution in [0.15, 0.2) is 48.5 Å². The van der Waals surface area contributed by atoms with Crippen molar-refractivity contribution >= 4 is 17.3 Å². The van der Waals surface area contributed by atoms with Gasteiger partial charge in [-0.2, -0.15) is 13.2 Å². The molecule has 0 aliphatic carbocycles. The number of amides is 1. The Morgan fingerprint density at radius 3 is 2.55 bits per heavy atom. The molecule has 0 spiro atoms. The van der Waals surface area contributed by atoms with Crippen LogP contribution in [0.4, 0.5) is 24.5 Å². The summed E-state index contributed by atoms with van der Waals surface area (Å²) in [5, 5.41) is 3.01. The lowest BCUT2D eigenvalue weighted by atomic mass is 9.82. The summed E-state index contributed by atoms with van der Waals surface area (Å²) >= 11 is 0. The number of para-hydroxylation sites is 1. The number of fused-ring (bicyclic) bond motifs is 3. The highest BCUT2D eigenvalue weighted by atomic mass is 19.4. The predicted octanol–water partition coefficient (Wildman–Crippen LogP) is 4.35. The van der Waals surface area contributed by atoms with E-state index in [-0.39, 0.29) is 11.9 Å². The maximum atomic E-state index is 13.3. The van der Waals surface area contributed by atoms with E-state index in [2.05, 4.69) is 27.2 Å². The van der Waals surface area contributed by atoms with E-state index in [9.17, 15) is 18.0 Å². The number of nitrogens with one attached hydrogen (secondary N) is 1. The summed E-state index contributed by atoms with van der Waals surface area (Å²) in [6, 6.07) is 13.9. The molecule has 166 valence electrons. The summed E-state index contributed by atoms with van der Waals surface area (Å²) in [7, 11) is 0. The molecule has 0 bridgehead atoms. The Kier molecular flexibility index (Phi) is 5.86. The summed E-state index contributed by atoms with van der Waals surface area (Å²) in [6.07, 6.45) is -4.08. The fourth-order valence-corrected chi connectivity index (χ4v) is 4.61. The van der Waals surface area contributed by atoms with Crippen molar-refractivity contribution in [2.45, 2.75) is 32.5 Å². The second-order valence-electron chi connectivity index (χ2n) is 8.83. The highest BCUT2D eigenvalue weighted by Gasteiger charge is 2.42. The number of benzene rings is 2. The van der Waals surface area contributed by atoms with Crippen molar-refractivity contribution in [3.8, 4) is 0 Å². The van der Waals surface area contributed by atoms with Crippen LogP contribution in [0.1, 0.15) is 25.0 Å². The minimum atomic E-state index is -4.40. The number of nitrogens with zero attached hydrogens (tertiary/aromatic N) is 2. The Morgan fingerprint density at radius 2 is 1.87 bits per heavy atom. The number of carbonyl (C=O) groups is 1. The molecule has 4 nitrogen and oxygen atoms in total. The molecule has 2 atom stereocenters. The zero-order valence-electron chi connectivity index (χ0n) is 17.8. The smallest absolute Gasteiger partial charge is 0.368 e. The molecular formula is C24H28F3N3O. The van der Waals surface area contributed by atoms with Gasteiger partial charge in [0.15, 0.2) is 0 Å². The van der Waals surface area contributed by atoms with Gasteiger partial charge in [0.1, 0.15) is 0 Å². The number of rotatable bonds is 4. The van der Waals surface area contributed by atoms with E-state index in [0.29, 0.717) is 37.5 Å². The molecule has 31 heavy (non-hydrogen) atoms. The first-order valence-corrected chi connectivity index (χ1v) is 10.8. The number of halogens is 3. The molecule has 0 radical (unpaired) electrons. The second kappa shape index (κ2) is 8.44. The molecule has 0 aromatic heterocycles. The van der Waals surface area contributed by atoms with E-state index in [0.717, 1.165) is 24.0 Å². The van der Waals surface area contributed by atoms with Gasteiger partial charge in [-0.1, -0.05) is 32.0 Å². The first-order valence-electron chi connectivity index (χ1n) is 10.8. The van der Waals surface area contributed by atoms with E-state index >= 15 is 0 Å². The fourth-order valence-electron chi connectivity index (χ4n) is 4.61. The highest BCUT2D eigenvalue weighted by Crippen LogP contribution is 2.40. The standard InChI is InChI=1S/C24H28F3N3O/c1-16(2)14-28-23(31)20-13-17-12-18(24(25,26)27)8-9-21(17)30-11-10-29(15-22(20)30)19-6-4-3-5-7-19/h3-9,12,16,20,22H,10-11,13-15H2,1-2H3,(H,28,31)/t20-,22+/m1/s1. The van der Waals surface area contributed by atoms with Gasteiger partial charge in [0, 0.05) is 37.6 Å². The SMILES string of the molecule is CC(C)CNC(=O)[C@@H]1Cc2cc(C(F)(F)F)ccc2N2CCN(c3ccccc3)C[C@@H]12. The average molecular weight is 432 g/mol. The van der Waals surface area contributed by atoms with Crippen LogP contribution < -0.4 is 15.1 Å². The van der Waals surface area contributed by atoms with Crippen LogP contribution >= 0.6 is 0 Å². The molecule has 2 aliphatic rings. The van der Waals surface area contributed by atoms with Gasteiger partial charge in [-0.15, -0.1) is 0 Å². The van der Waals surface area contributed by atoms with Gasteiger partial charge in [0.25, 0.3) is 0 Å². The minimum absolute atomic E-state index is 0.0818. The third-order valence-electron chi connectivity index (χ3n) is 6.18. The van der Waals surface area contributed by atoms with Crippen LogP contribution in [0.2, 0.25) is 0 Å². The van der Waals surface area contributed by atoms with Crippen molar-refractivity contribution in [2.75, 3.05) is 36.0 Å². The number of hydrogen-bond acceptors (Lipinski definition) is 3. The maximum absolute atomic E-state index is 13.3. The van der Waals surface area contributed by atoms with Gasteiger partial charge >= 0.3 is 6.18 Å². The zero-order chi connectivity index (χ0) is 22.2. The van der Waals surface area contributed by atoms with Gasteiger partial charge in [-0.05, 0) is 48.2 Å². The molecular weight excluding hydrogens is 403 g/mol. The lowest BCUT2D eigenvalue weighted by molar-refractivity contribution is -0.137. The number of hydrogen-bond donors (Lipinski definition) is 1. The molecule has 1 fully saturated rings. The van der Waals surface area contributed by atoms with Crippen LogP contribution in [0.5, 0.6) is 0 Å². The van der Waals surface area contributed by atoms with Crippen molar-refractivity contribution in [3.05, 3.63) is 59.7 Å². The van der Waals surface area contributed by atoms with E-state index in [4.69, 9.17) is 0 Å². The third-order valence-corrected chi connectivity index (χ3v) is 6.18. The molecule has 0 unspecified atom stereocenters. The normalized spacial score (nSPS) is 21.0. The lowest BCUT2D eigenvalue weighted by Gasteiger charge is -2.49. The Bertz CT molecular complexity index is 929. The lowest BCUT2D eigenvalue weighted by Crippen LogP contribution is -2.61. The molecule has 1 N–H and O–H groups in total. The zero-order valence-corrected chi connectivity index (χ0v) is 17.8. The van der Waals surface area contributed by atoms with Gasteiger partial charge < -0.3 is 15.1 Å². The number of piperazine rings is 1. The maximum Gasteiger partial charge on any atom is 0.416 e. The number of alkyl halides is 3. The quantitative estimate of drug-likeness (QED) is 0.782. The number of carbonyl (C=O) groups excluding carboxylic acids is 1. The van der Waals surface area contributed by atoms with Crippen molar-refractivity contribution in [1.82, 2.24) is 5.32 Å². The Hall–Kier alpha value is -2.70. The topological polar surface area (TPSA) is 35.6 Å². The summed E-state index contributed by atoms with van der Waals surface area (Å²) in [5.74, 6) is -0.178. The van der Waals surface area contributed by atoms with Crippen molar-refractivity contribution < 1.29 is 18.0 Å². The molecule has 2 aliphatic heterocycles. The molecule has 0 saturated carbocycles. The summed E-state index contributed by atoms with van der Waals surface area (Å²) in [4.78, 5) is 17.5. The van der Waals surface area contributed by atoms with Crippen LogP contribution in [0.3, 0.4) is 0 Å². The minimum Gasteiger partial charge on any atom is -0.368 e. The number of anilines is 2. The Balaban J connectivity index is 1.66. The molecule has 1 amide bonds. The Morgan fingerprint density at radius 1 is 1.13 bits per heavy atom. The van der Waals surface area contributed by atoms with Crippen LogP contribution in [-0.2, 0) is 17.4 Å². The monoisotopic (exact) mass is 431 g/mol. The van der Waals surface area contributed by atoms with Gasteiger partial charge in [-0.3, -0.25) is 4.79 Å². The third kappa shape index (κ3) is 4.50. The van der Waals surface area contributed by atoms with Crippen LogP contribution in [-0.4, -0.2) is 38.1 Å². The molecule has 2 heterocycles. The summed E-state index contributed by atoms with van der Waals surface area (Å²) in [6.45, 7) is 6.67. The molecule has 4 rings (SSSR count). The van der Waals surface area contributed by atoms with Gasteiger partial charge in [-0.25, -0.2) is 0 Å². The van der Waals surface area contributed by atoms with Gasteiger partial charge in [0.2, 0.25) is 5.91 Å². The predicted molar refractivity (Wildman–Crippen MR) is 116 cm³/mol. The molecule has 2 aromatic rings. The van der Waals surface area contributed by atoms with Gasteiger partial charge in [0.05, 0.1) is 17.5 Å². The van der Waals surface area contributed by atoms with E-state index in [1.807, 2.05) is 32.0 Å². The largest absolute Gasteiger partial charge is 0.416 e. The van der Waals surface area contributed by atoms with Crippen molar-refractivity contribution in [1.29, 1.82) is 0 Å². The summed E-state index contributed by atoms with van der Waals surface area (Å²) < 4.78 is 39.9. The van der Waals surface area contributed by atoms with Crippen LogP contribution in [0, 0.1) is 11.8 Å². The Labute approximate surface area is 181 Å². The van der Waals surface area contributed by atoms with Crippen molar-refractivity contribution in [3.63, 3.8) is 0 Å². The highest BCUT2D eigenvalue weighted by molar-refractivity contribution is 5.82.